The number of benzene rings is 2. The molecular formula is C23H24Cl2N4O4. The van der Waals surface area contributed by atoms with Gasteiger partial charge in [-0.15, -0.1) is 0 Å². The normalized spacial score (nSPS) is 10.8. The van der Waals surface area contributed by atoms with Crippen LogP contribution in [0.15, 0.2) is 58.1 Å². The summed E-state index contributed by atoms with van der Waals surface area (Å²) in [6.45, 7) is 0.688. The van der Waals surface area contributed by atoms with Crippen molar-refractivity contribution in [1.82, 2.24) is 9.55 Å². The molecule has 0 aliphatic heterocycles. The quantitative estimate of drug-likeness (QED) is 0.402. The molecule has 3 rings (SSSR count). The summed E-state index contributed by atoms with van der Waals surface area (Å²) in [4.78, 5) is 40.1. The zero-order valence-corrected chi connectivity index (χ0v) is 19.5. The molecule has 0 radical (unpaired) electrons. The summed E-state index contributed by atoms with van der Waals surface area (Å²) in [6.07, 6.45) is 0.449. The van der Waals surface area contributed by atoms with Gasteiger partial charge in [0.2, 0.25) is 5.91 Å². The lowest BCUT2D eigenvalue weighted by Crippen LogP contribution is -2.36. The smallest absolute Gasteiger partial charge is 0.330 e. The fourth-order valence-electron chi connectivity index (χ4n) is 3.21. The summed E-state index contributed by atoms with van der Waals surface area (Å²) < 4.78 is 6.35. The molecule has 2 aromatic carbocycles. The van der Waals surface area contributed by atoms with Crippen molar-refractivity contribution in [3.05, 3.63) is 90.5 Å². The Kier molecular flexibility index (Phi) is 8.71. The average Bonchev–Trinajstić information content (AvgIpc) is 2.78. The van der Waals surface area contributed by atoms with Crippen molar-refractivity contribution < 1.29 is 9.53 Å². The Morgan fingerprint density at radius 2 is 1.88 bits per heavy atom. The Labute approximate surface area is 200 Å². The van der Waals surface area contributed by atoms with Gasteiger partial charge in [-0.3, -0.25) is 19.1 Å². The molecule has 33 heavy (non-hydrogen) atoms. The van der Waals surface area contributed by atoms with Crippen LogP contribution in [-0.4, -0.2) is 29.2 Å². The monoisotopic (exact) mass is 490 g/mol. The Hall–Kier alpha value is -3.07. The highest BCUT2D eigenvalue weighted by atomic mass is 35.5. The summed E-state index contributed by atoms with van der Waals surface area (Å²) >= 11 is 12.1. The highest BCUT2D eigenvalue weighted by molar-refractivity contribution is 6.35. The number of anilines is 2. The number of ether oxygens (including phenoxy) is 1. The first-order valence-electron chi connectivity index (χ1n) is 10.3. The molecule has 3 N–H and O–H groups in total. The van der Waals surface area contributed by atoms with Crippen molar-refractivity contribution in [1.29, 1.82) is 0 Å². The number of carbonyl (C=O) groups is 1. The minimum atomic E-state index is -0.640. The molecule has 1 amide bonds. The van der Waals surface area contributed by atoms with Crippen molar-refractivity contribution in [3.8, 4) is 0 Å². The first-order valence-corrected chi connectivity index (χ1v) is 11.0. The third-order valence-electron chi connectivity index (χ3n) is 4.92. The maximum Gasteiger partial charge on any atom is 0.330 e. The van der Waals surface area contributed by atoms with E-state index in [1.165, 1.54) is 11.7 Å². The van der Waals surface area contributed by atoms with Gasteiger partial charge >= 0.3 is 5.69 Å². The number of aromatic amines is 1. The van der Waals surface area contributed by atoms with Crippen LogP contribution in [0.1, 0.15) is 17.5 Å². The summed E-state index contributed by atoms with van der Waals surface area (Å²) in [5.41, 5.74) is 0.522. The van der Waals surface area contributed by atoms with E-state index in [2.05, 4.69) is 15.6 Å². The molecule has 0 saturated carbocycles. The molecule has 174 valence electrons. The first kappa shape index (κ1) is 24.6. The Morgan fingerprint density at radius 1 is 1.12 bits per heavy atom. The topological polar surface area (TPSA) is 105 Å². The van der Waals surface area contributed by atoms with Crippen LogP contribution in [0.2, 0.25) is 10.0 Å². The van der Waals surface area contributed by atoms with Gasteiger partial charge in [-0.1, -0.05) is 59.6 Å². The highest BCUT2D eigenvalue weighted by Crippen LogP contribution is 2.23. The predicted octanol–water partition coefficient (Wildman–Crippen LogP) is 3.67. The molecule has 0 atom stereocenters. The third kappa shape index (κ3) is 6.71. The van der Waals surface area contributed by atoms with Crippen molar-refractivity contribution >= 4 is 40.6 Å². The number of nitrogens with zero attached hydrogens (tertiary/aromatic N) is 1. The van der Waals surface area contributed by atoms with E-state index in [4.69, 9.17) is 27.9 Å². The Bertz CT molecular complexity index is 1230. The Balaban J connectivity index is 1.85. The number of rotatable bonds is 10. The molecule has 3 aromatic rings. The first-order chi connectivity index (χ1) is 15.9. The number of halogens is 2. The molecule has 0 bridgehead atoms. The van der Waals surface area contributed by atoms with Gasteiger partial charge in [0, 0.05) is 30.1 Å². The van der Waals surface area contributed by atoms with Crippen LogP contribution in [0.25, 0.3) is 0 Å². The number of H-pyrrole nitrogens is 1. The van der Waals surface area contributed by atoms with E-state index in [-0.39, 0.29) is 37.0 Å². The van der Waals surface area contributed by atoms with E-state index in [0.717, 1.165) is 11.1 Å². The lowest BCUT2D eigenvalue weighted by atomic mass is 10.1. The van der Waals surface area contributed by atoms with E-state index in [0.29, 0.717) is 23.0 Å². The molecule has 0 saturated heterocycles. The number of aromatic nitrogens is 2. The van der Waals surface area contributed by atoms with Crippen molar-refractivity contribution in [2.75, 3.05) is 24.4 Å². The van der Waals surface area contributed by atoms with Crippen LogP contribution in [0.3, 0.4) is 0 Å². The van der Waals surface area contributed by atoms with Crippen molar-refractivity contribution in [2.45, 2.75) is 25.9 Å². The van der Waals surface area contributed by atoms with Gasteiger partial charge in [0.1, 0.15) is 11.5 Å². The van der Waals surface area contributed by atoms with Crippen molar-refractivity contribution in [2.24, 2.45) is 0 Å². The minimum Gasteiger partial charge on any atom is -0.383 e. The number of amides is 1. The zero-order valence-electron chi connectivity index (χ0n) is 18.0. The van der Waals surface area contributed by atoms with E-state index >= 15 is 0 Å². The minimum absolute atomic E-state index is 0.0870. The van der Waals surface area contributed by atoms with Gasteiger partial charge < -0.3 is 15.4 Å². The second-order valence-electron chi connectivity index (χ2n) is 7.25. The van der Waals surface area contributed by atoms with Gasteiger partial charge in [-0.2, -0.15) is 0 Å². The number of hydrogen-bond donors (Lipinski definition) is 3. The number of hydrogen-bond acceptors (Lipinski definition) is 5. The number of carbonyl (C=O) groups excluding carboxylic acids is 1. The summed E-state index contributed by atoms with van der Waals surface area (Å²) in [5.74, 6) is -0.288. The second kappa shape index (κ2) is 11.7. The van der Waals surface area contributed by atoms with Gasteiger partial charge in [0.25, 0.3) is 5.56 Å². The molecule has 0 spiro atoms. The van der Waals surface area contributed by atoms with E-state index in [9.17, 15) is 14.4 Å². The SMILES string of the molecule is COCCn1c(NC(=O)CCc2ccc(Cl)cc2Cl)c(NCc2ccccc2)c(=O)[nH]c1=O. The van der Waals surface area contributed by atoms with Crippen LogP contribution in [0.4, 0.5) is 11.5 Å². The van der Waals surface area contributed by atoms with Gasteiger partial charge in [-0.25, -0.2) is 4.79 Å². The van der Waals surface area contributed by atoms with Crippen LogP contribution >= 0.6 is 23.2 Å². The lowest BCUT2D eigenvalue weighted by Gasteiger charge is -2.18. The van der Waals surface area contributed by atoms with Gasteiger partial charge in [0.15, 0.2) is 0 Å². The summed E-state index contributed by atoms with van der Waals surface area (Å²) in [7, 11) is 1.50. The van der Waals surface area contributed by atoms with Crippen LogP contribution < -0.4 is 21.9 Å². The second-order valence-corrected chi connectivity index (χ2v) is 8.09. The predicted molar refractivity (Wildman–Crippen MR) is 130 cm³/mol. The third-order valence-corrected chi connectivity index (χ3v) is 5.51. The van der Waals surface area contributed by atoms with Crippen molar-refractivity contribution in [3.63, 3.8) is 0 Å². The number of methoxy groups -OCH3 is 1. The molecule has 1 heterocycles. The molecule has 0 unspecified atom stereocenters. The molecule has 0 fully saturated rings. The molecule has 10 heteroatoms. The maximum atomic E-state index is 12.8. The van der Waals surface area contributed by atoms with Crippen LogP contribution in [-0.2, 0) is 29.0 Å². The fourth-order valence-corrected chi connectivity index (χ4v) is 3.72. The largest absolute Gasteiger partial charge is 0.383 e. The van der Waals surface area contributed by atoms with E-state index < -0.39 is 11.2 Å². The van der Waals surface area contributed by atoms with Gasteiger partial charge in [0.05, 0.1) is 13.2 Å². The molecule has 1 aromatic heterocycles. The fraction of sp³-hybridized carbons (Fsp3) is 0.261. The average molecular weight is 491 g/mol. The lowest BCUT2D eigenvalue weighted by molar-refractivity contribution is -0.116. The molecule has 0 aliphatic carbocycles. The van der Waals surface area contributed by atoms with Gasteiger partial charge in [-0.05, 0) is 29.7 Å². The zero-order chi connectivity index (χ0) is 23.8. The molecular weight excluding hydrogens is 467 g/mol. The number of aryl methyl sites for hydroxylation is 1. The van der Waals surface area contributed by atoms with Crippen LogP contribution in [0, 0.1) is 0 Å². The standard InChI is InChI=1S/C23H24Cl2N4O4/c1-33-12-11-29-21(27-19(30)10-8-16-7-9-17(24)13-18(16)25)20(22(31)28-23(29)32)26-14-15-5-3-2-4-6-15/h2-7,9,13,26H,8,10-12,14H2,1H3,(H,27,30)(H,28,31,32). The van der Waals surface area contributed by atoms with E-state index in [1.807, 2.05) is 30.3 Å². The highest BCUT2D eigenvalue weighted by Gasteiger charge is 2.18. The molecule has 8 nitrogen and oxygen atoms in total. The Morgan fingerprint density at radius 3 is 2.58 bits per heavy atom. The van der Waals surface area contributed by atoms with E-state index in [1.54, 1.807) is 18.2 Å². The summed E-state index contributed by atoms with van der Waals surface area (Å²) in [6, 6.07) is 14.5. The van der Waals surface area contributed by atoms with Crippen LogP contribution in [0.5, 0.6) is 0 Å². The molecule has 0 aliphatic rings. The number of nitrogens with one attached hydrogen (secondary N) is 3. The maximum absolute atomic E-state index is 12.8. The summed E-state index contributed by atoms with van der Waals surface area (Å²) in [5, 5.41) is 6.74.